The highest BCUT2D eigenvalue weighted by molar-refractivity contribution is 7.09. The number of nitrogens with zero attached hydrogens (tertiary/aromatic N) is 1. The summed E-state index contributed by atoms with van der Waals surface area (Å²) < 4.78 is 0. The number of thiazole rings is 1. The van der Waals surface area contributed by atoms with Crippen LogP contribution in [0.15, 0.2) is 5.38 Å². The molecule has 0 aliphatic rings. The summed E-state index contributed by atoms with van der Waals surface area (Å²) in [6, 6.07) is -0.398. The van der Waals surface area contributed by atoms with Crippen molar-refractivity contribution in [1.82, 2.24) is 15.6 Å². The van der Waals surface area contributed by atoms with Crippen LogP contribution in [0.3, 0.4) is 0 Å². The van der Waals surface area contributed by atoms with E-state index in [2.05, 4.69) is 22.5 Å². The Morgan fingerprint density at radius 2 is 2.05 bits per heavy atom. The number of aliphatic hydroxyl groups is 1. The molecule has 0 radical (unpaired) electrons. The van der Waals surface area contributed by atoms with Crippen LogP contribution in [0, 0.1) is 5.92 Å². The van der Waals surface area contributed by atoms with Gasteiger partial charge in [-0.3, -0.25) is 0 Å². The molecule has 2 amide bonds. The Bertz CT molecular complexity index is 432. The third-order valence-corrected chi connectivity index (χ3v) is 4.74. The number of rotatable bonds is 8. The van der Waals surface area contributed by atoms with Crippen molar-refractivity contribution in [3.63, 3.8) is 0 Å². The number of carbonyl (C=O) groups is 1. The fourth-order valence-electron chi connectivity index (χ4n) is 2.20. The maximum atomic E-state index is 11.8. The summed E-state index contributed by atoms with van der Waals surface area (Å²) in [7, 11) is 0. The topological polar surface area (TPSA) is 74.2 Å². The average molecular weight is 313 g/mol. The van der Waals surface area contributed by atoms with Crippen LogP contribution in [0.25, 0.3) is 0 Å². The molecule has 120 valence electrons. The number of aliphatic hydroxyl groups excluding tert-OH is 1. The lowest BCUT2D eigenvalue weighted by Gasteiger charge is -2.21. The third kappa shape index (κ3) is 5.63. The molecule has 3 N–H and O–H groups in total. The maximum absolute atomic E-state index is 11.8. The summed E-state index contributed by atoms with van der Waals surface area (Å²) in [6.07, 6.45) is 2.24. The Morgan fingerprint density at radius 1 is 1.38 bits per heavy atom. The van der Waals surface area contributed by atoms with Crippen molar-refractivity contribution in [2.24, 2.45) is 5.92 Å². The zero-order chi connectivity index (χ0) is 15.8. The van der Waals surface area contributed by atoms with Gasteiger partial charge in [-0.05, 0) is 19.3 Å². The minimum absolute atomic E-state index is 0.133. The number of aromatic nitrogens is 1. The number of hydrogen-bond acceptors (Lipinski definition) is 4. The van der Waals surface area contributed by atoms with Gasteiger partial charge >= 0.3 is 6.03 Å². The minimum Gasteiger partial charge on any atom is -0.391 e. The second-order valence-corrected chi connectivity index (χ2v) is 6.18. The van der Waals surface area contributed by atoms with Crippen molar-refractivity contribution in [3.8, 4) is 0 Å². The number of aryl methyl sites for hydroxylation is 1. The summed E-state index contributed by atoms with van der Waals surface area (Å²) in [5.74, 6) is 0.230. The second kappa shape index (κ2) is 9.00. The molecule has 0 spiro atoms. The molecular weight excluding hydrogens is 286 g/mol. The Labute approximate surface area is 131 Å². The van der Waals surface area contributed by atoms with E-state index >= 15 is 0 Å². The Kier molecular flexibility index (Phi) is 7.67. The number of hydrogen-bond donors (Lipinski definition) is 3. The summed E-state index contributed by atoms with van der Waals surface area (Å²) >= 11 is 1.61. The van der Waals surface area contributed by atoms with Gasteiger partial charge < -0.3 is 15.7 Å². The molecule has 1 aromatic heterocycles. The largest absolute Gasteiger partial charge is 0.391 e. The highest BCUT2D eigenvalue weighted by atomic mass is 32.1. The fourth-order valence-corrected chi connectivity index (χ4v) is 3.04. The van der Waals surface area contributed by atoms with Gasteiger partial charge in [-0.1, -0.05) is 33.6 Å². The van der Waals surface area contributed by atoms with Crippen LogP contribution in [-0.4, -0.2) is 28.8 Å². The molecule has 0 fully saturated rings. The summed E-state index contributed by atoms with van der Waals surface area (Å²) in [4.78, 5) is 16.3. The fraction of sp³-hybridized carbons (Fsp3) is 0.733. The van der Waals surface area contributed by atoms with E-state index in [-0.39, 0.29) is 24.5 Å². The zero-order valence-electron chi connectivity index (χ0n) is 13.3. The second-order valence-electron chi connectivity index (χ2n) is 5.24. The van der Waals surface area contributed by atoms with E-state index in [0.29, 0.717) is 0 Å². The van der Waals surface area contributed by atoms with E-state index in [1.807, 2.05) is 26.2 Å². The molecule has 0 aliphatic carbocycles. The van der Waals surface area contributed by atoms with Crippen LogP contribution in [0.2, 0.25) is 0 Å². The van der Waals surface area contributed by atoms with Crippen LogP contribution >= 0.6 is 11.3 Å². The van der Waals surface area contributed by atoms with Crippen LogP contribution in [0.5, 0.6) is 0 Å². The minimum atomic E-state index is -0.493. The van der Waals surface area contributed by atoms with Gasteiger partial charge in [-0.25, -0.2) is 9.78 Å². The molecule has 6 heteroatoms. The van der Waals surface area contributed by atoms with Gasteiger partial charge in [0.15, 0.2) is 0 Å². The molecule has 2 unspecified atom stereocenters. The first kappa shape index (κ1) is 17.9. The predicted molar refractivity (Wildman–Crippen MR) is 86.5 cm³/mol. The lowest BCUT2D eigenvalue weighted by Crippen LogP contribution is -2.42. The first-order chi connectivity index (χ1) is 10.0. The number of urea groups is 1. The summed E-state index contributed by atoms with van der Waals surface area (Å²) in [5.41, 5.74) is 0.882. The molecular formula is C15H27N3O2S. The van der Waals surface area contributed by atoms with Crippen LogP contribution in [0.1, 0.15) is 57.3 Å². The number of nitrogens with one attached hydrogen (secondary N) is 2. The zero-order valence-corrected chi connectivity index (χ0v) is 14.2. The first-order valence-electron chi connectivity index (χ1n) is 7.68. The van der Waals surface area contributed by atoms with Crippen LogP contribution < -0.4 is 10.6 Å². The van der Waals surface area contributed by atoms with Gasteiger partial charge in [0, 0.05) is 11.9 Å². The average Bonchev–Trinajstić information content (AvgIpc) is 2.95. The van der Waals surface area contributed by atoms with Gasteiger partial charge in [0.2, 0.25) is 0 Å². The monoisotopic (exact) mass is 313 g/mol. The smallest absolute Gasteiger partial charge is 0.315 e. The molecule has 1 heterocycles. The first-order valence-corrected chi connectivity index (χ1v) is 8.56. The molecule has 0 aromatic carbocycles. The third-order valence-electron chi connectivity index (χ3n) is 3.73. The van der Waals surface area contributed by atoms with Crippen molar-refractivity contribution in [3.05, 3.63) is 16.1 Å². The summed E-state index contributed by atoms with van der Waals surface area (Å²) in [5, 5.41) is 18.6. The lowest BCUT2D eigenvalue weighted by molar-refractivity contribution is 0.103. The van der Waals surface area contributed by atoms with Gasteiger partial charge in [-0.15, -0.1) is 11.3 Å². The highest BCUT2D eigenvalue weighted by Gasteiger charge is 2.17. The van der Waals surface area contributed by atoms with E-state index in [0.717, 1.165) is 30.0 Å². The molecule has 1 rings (SSSR count). The summed E-state index contributed by atoms with van der Waals surface area (Å²) in [6.45, 7) is 8.35. The van der Waals surface area contributed by atoms with Crippen molar-refractivity contribution in [1.29, 1.82) is 0 Å². The molecule has 0 aliphatic heterocycles. The standard InChI is InChI=1S/C15H27N3O2S/c1-5-11(6-2)13(19)8-16-15(20)17-10(4)12-9-21-14(7-3)18-12/h9-11,13,19H,5-8H2,1-4H3,(H2,16,17,20). The van der Waals surface area contributed by atoms with Crippen molar-refractivity contribution in [2.75, 3.05) is 6.54 Å². The van der Waals surface area contributed by atoms with Gasteiger partial charge in [-0.2, -0.15) is 0 Å². The molecule has 0 saturated carbocycles. The van der Waals surface area contributed by atoms with Gasteiger partial charge in [0.05, 0.1) is 22.8 Å². The van der Waals surface area contributed by atoms with Crippen LogP contribution in [-0.2, 0) is 6.42 Å². The number of amides is 2. The molecule has 2 atom stereocenters. The van der Waals surface area contributed by atoms with Gasteiger partial charge in [0.25, 0.3) is 0 Å². The highest BCUT2D eigenvalue weighted by Crippen LogP contribution is 2.17. The Balaban J connectivity index is 2.39. The van der Waals surface area contributed by atoms with Crippen molar-refractivity contribution in [2.45, 2.75) is 59.1 Å². The van der Waals surface area contributed by atoms with E-state index in [4.69, 9.17) is 0 Å². The number of carbonyl (C=O) groups excluding carboxylic acids is 1. The van der Waals surface area contributed by atoms with Crippen molar-refractivity contribution < 1.29 is 9.90 Å². The molecule has 0 bridgehead atoms. The maximum Gasteiger partial charge on any atom is 0.315 e. The SMILES string of the molecule is CCc1nc(C(C)NC(=O)NCC(O)C(CC)CC)cs1. The normalized spacial score (nSPS) is 14.0. The van der Waals surface area contributed by atoms with E-state index in [9.17, 15) is 9.90 Å². The lowest BCUT2D eigenvalue weighted by atomic mass is 9.97. The van der Waals surface area contributed by atoms with E-state index in [1.165, 1.54) is 0 Å². The molecule has 1 aromatic rings. The predicted octanol–water partition coefficient (Wildman–Crippen LogP) is 2.86. The van der Waals surface area contributed by atoms with E-state index in [1.54, 1.807) is 11.3 Å². The Hall–Kier alpha value is -1.14. The molecule has 5 nitrogen and oxygen atoms in total. The molecule has 0 saturated heterocycles. The van der Waals surface area contributed by atoms with Crippen LogP contribution in [0.4, 0.5) is 4.79 Å². The van der Waals surface area contributed by atoms with Crippen molar-refractivity contribution >= 4 is 17.4 Å². The molecule has 21 heavy (non-hydrogen) atoms. The quantitative estimate of drug-likeness (QED) is 0.691. The Morgan fingerprint density at radius 3 is 2.57 bits per heavy atom. The van der Waals surface area contributed by atoms with E-state index < -0.39 is 6.10 Å². The van der Waals surface area contributed by atoms with Gasteiger partial charge in [0.1, 0.15) is 0 Å².